The average molecular weight is 567 g/mol. The van der Waals surface area contributed by atoms with Crippen molar-refractivity contribution in [2.75, 3.05) is 20.8 Å². The van der Waals surface area contributed by atoms with E-state index in [4.69, 9.17) is 18.6 Å². The molecule has 0 fully saturated rings. The van der Waals surface area contributed by atoms with Crippen molar-refractivity contribution in [2.24, 2.45) is 0 Å². The number of hydrogen-bond acceptors (Lipinski definition) is 8. The number of methoxy groups -OCH3 is 2. The standard InChI is InChI=1S/C34H30O8/c1-39-30-18-23(10-15-29(30)41-17-16-21-6-4-3-5-7-21)26(19-31(37)40-2)32-28(36)14-13-25-33(38)27(20-42-34(25)32)22-8-11-24(35)12-9-22/h3-15,18,20,26,35-36H,16-17,19H2,1-2H3. The molecule has 8 nitrogen and oxygen atoms in total. The van der Waals surface area contributed by atoms with Crippen LogP contribution in [0.3, 0.4) is 0 Å². The van der Waals surface area contributed by atoms with E-state index in [9.17, 15) is 19.8 Å². The van der Waals surface area contributed by atoms with E-state index in [2.05, 4.69) is 0 Å². The molecule has 2 N–H and O–H groups in total. The van der Waals surface area contributed by atoms with Gasteiger partial charge in [-0.1, -0.05) is 48.5 Å². The maximum atomic E-state index is 13.5. The van der Waals surface area contributed by atoms with E-state index < -0.39 is 11.9 Å². The third-order valence-corrected chi connectivity index (χ3v) is 7.16. The minimum Gasteiger partial charge on any atom is -0.508 e. The van der Waals surface area contributed by atoms with Gasteiger partial charge in [0.15, 0.2) is 11.5 Å². The Labute approximate surface area is 242 Å². The Bertz CT molecular complexity index is 1760. The zero-order valence-corrected chi connectivity index (χ0v) is 23.2. The molecule has 1 unspecified atom stereocenters. The van der Waals surface area contributed by atoms with E-state index in [0.29, 0.717) is 41.2 Å². The van der Waals surface area contributed by atoms with Crippen molar-refractivity contribution in [2.45, 2.75) is 18.8 Å². The summed E-state index contributed by atoms with van der Waals surface area (Å²) >= 11 is 0. The van der Waals surface area contributed by atoms with Gasteiger partial charge in [0.25, 0.3) is 0 Å². The van der Waals surface area contributed by atoms with Gasteiger partial charge in [0, 0.05) is 17.9 Å². The Morgan fingerprint density at radius 2 is 1.67 bits per heavy atom. The first kappa shape index (κ1) is 28.3. The van der Waals surface area contributed by atoms with E-state index in [1.54, 1.807) is 30.3 Å². The molecule has 0 spiro atoms. The summed E-state index contributed by atoms with van der Waals surface area (Å²) in [4.78, 5) is 26.1. The number of benzene rings is 4. The topological polar surface area (TPSA) is 115 Å². The van der Waals surface area contributed by atoms with Gasteiger partial charge >= 0.3 is 5.97 Å². The number of phenols is 2. The fourth-order valence-corrected chi connectivity index (χ4v) is 4.97. The van der Waals surface area contributed by atoms with Crippen LogP contribution < -0.4 is 14.9 Å². The Kier molecular flexibility index (Phi) is 8.43. The zero-order chi connectivity index (χ0) is 29.6. The van der Waals surface area contributed by atoms with E-state index in [0.717, 1.165) is 5.56 Å². The van der Waals surface area contributed by atoms with Crippen molar-refractivity contribution in [3.8, 4) is 34.1 Å². The molecule has 8 heteroatoms. The minimum absolute atomic E-state index is 0.0739. The van der Waals surface area contributed by atoms with Crippen molar-refractivity contribution in [3.05, 3.63) is 118 Å². The van der Waals surface area contributed by atoms with Gasteiger partial charge in [0.05, 0.1) is 38.2 Å². The van der Waals surface area contributed by atoms with Crippen molar-refractivity contribution in [3.63, 3.8) is 0 Å². The Morgan fingerprint density at radius 3 is 2.38 bits per heavy atom. The molecule has 5 rings (SSSR count). The molecule has 214 valence electrons. The predicted octanol–water partition coefficient (Wildman–Crippen LogP) is 6.20. The van der Waals surface area contributed by atoms with Crippen LogP contribution in [0, 0.1) is 0 Å². The Morgan fingerprint density at radius 1 is 0.905 bits per heavy atom. The summed E-state index contributed by atoms with van der Waals surface area (Å²) in [6, 6.07) is 24.4. The lowest BCUT2D eigenvalue weighted by molar-refractivity contribution is -0.140. The molecule has 0 aliphatic rings. The second-order valence-corrected chi connectivity index (χ2v) is 9.73. The number of hydrogen-bond donors (Lipinski definition) is 2. The second-order valence-electron chi connectivity index (χ2n) is 9.73. The monoisotopic (exact) mass is 566 g/mol. The molecular formula is C34H30O8. The molecule has 0 bridgehead atoms. The van der Waals surface area contributed by atoms with Gasteiger partial charge in [-0.2, -0.15) is 0 Å². The van der Waals surface area contributed by atoms with Gasteiger partial charge in [0.1, 0.15) is 23.3 Å². The molecule has 1 aromatic heterocycles. The summed E-state index contributed by atoms with van der Waals surface area (Å²) in [5.41, 5.74) is 2.73. The van der Waals surface area contributed by atoms with Gasteiger partial charge in [-0.15, -0.1) is 0 Å². The highest BCUT2D eigenvalue weighted by molar-refractivity contribution is 5.87. The van der Waals surface area contributed by atoms with Crippen molar-refractivity contribution < 1.29 is 33.6 Å². The number of carbonyl (C=O) groups excluding carboxylic acids is 1. The highest BCUT2D eigenvalue weighted by Crippen LogP contribution is 2.42. The summed E-state index contributed by atoms with van der Waals surface area (Å²) in [7, 11) is 2.81. The minimum atomic E-state index is -0.740. The largest absolute Gasteiger partial charge is 0.508 e. The number of phenolic OH excluding ortho intramolecular Hbond substituents is 2. The SMILES string of the molecule is COC(=O)CC(c1ccc(OCCc2ccccc2)c(OC)c1)c1c(O)ccc2c(=O)c(-c3ccc(O)cc3)coc12. The molecule has 0 aliphatic carbocycles. The summed E-state index contributed by atoms with van der Waals surface area (Å²) < 4.78 is 22.6. The van der Waals surface area contributed by atoms with Crippen LogP contribution in [0.1, 0.15) is 29.0 Å². The zero-order valence-electron chi connectivity index (χ0n) is 23.2. The first-order valence-corrected chi connectivity index (χ1v) is 13.4. The second kappa shape index (κ2) is 12.5. The fourth-order valence-electron chi connectivity index (χ4n) is 4.97. The summed E-state index contributed by atoms with van der Waals surface area (Å²) in [5, 5.41) is 20.9. The molecule has 4 aromatic carbocycles. The van der Waals surface area contributed by atoms with Gasteiger partial charge in [-0.3, -0.25) is 9.59 Å². The number of esters is 1. The lowest BCUT2D eigenvalue weighted by atomic mass is 9.86. The van der Waals surface area contributed by atoms with Crippen molar-refractivity contribution in [1.82, 2.24) is 0 Å². The van der Waals surface area contributed by atoms with E-state index in [-0.39, 0.29) is 39.9 Å². The third kappa shape index (κ3) is 5.93. The van der Waals surface area contributed by atoms with Gasteiger partial charge in [-0.25, -0.2) is 0 Å². The van der Waals surface area contributed by atoms with Gasteiger partial charge < -0.3 is 28.8 Å². The predicted molar refractivity (Wildman–Crippen MR) is 158 cm³/mol. The van der Waals surface area contributed by atoms with Crippen LogP contribution in [0.4, 0.5) is 0 Å². The highest BCUT2D eigenvalue weighted by atomic mass is 16.5. The van der Waals surface area contributed by atoms with Gasteiger partial charge in [-0.05, 0) is 53.1 Å². The van der Waals surface area contributed by atoms with Crippen LogP contribution in [0.2, 0.25) is 0 Å². The molecule has 0 saturated carbocycles. The smallest absolute Gasteiger partial charge is 0.306 e. The molecule has 1 atom stereocenters. The number of aromatic hydroxyl groups is 2. The average Bonchev–Trinajstić information content (AvgIpc) is 3.01. The molecule has 0 amide bonds. The van der Waals surface area contributed by atoms with Crippen LogP contribution in [-0.4, -0.2) is 37.0 Å². The number of rotatable bonds is 10. The fraction of sp³-hybridized carbons (Fsp3) is 0.176. The first-order chi connectivity index (χ1) is 20.4. The normalized spacial score (nSPS) is 11.7. The molecular weight excluding hydrogens is 536 g/mol. The van der Waals surface area contributed by atoms with E-state index in [1.165, 1.54) is 44.7 Å². The Hall–Kier alpha value is -5.24. The molecule has 0 saturated heterocycles. The molecule has 1 heterocycles. The van der Waals surface area contributed by atoms with Crippen molar-refractivity contribution >= 4 is 16.9 Å². The maximum Gasteiger partial charge on any atom is 0.306 e. The third-order valence-electron chi connectivity index (χ3n) is 7.16. The number of fused-ring (bicyclic) bond motifs is 1. The summed E-state index contributed by atoms with van der Waals surface area (Å²) in [5.74, 6) is -0.339. The molecule has 0 aliphatic heterocycles. The Balaban J connectivity index is 1.54. The summed E-state index contributed by atoms with van der Waals surface area (Å²) in [6.07, 6.45) is 1.90. The highest BCUT2D eigenvalue weighted by Gasteiger charge is 2.27. The number of ether oxygens (including phenoxy) is 3. The van der Waals surface area contributed by atoms with Gasteiger partial charge in [0.2, 0.25) is 5.43 Å². The van der Waals surface area contributed by atoms with Crippen LogP contribution in [0.15, 0.2) is 100 Å². The summed E-state index contributed by atoms with van der Waals surface area (Å²) in [6.45, 7) is 0.434. The van der Waals surface area contributed by atoms with Crippen LogP contribution in [0.5, 0.6) is 23.0 Å². The molecule has 0 radical (unpaired) electrons. The van der Waals surface area contributed by atoms with Crippen LogP contribution in [0.25, 0.3) is 22.1 Å². The van der Waals surface area contributed by atoms with Crippen LogP contribution in [-0.2, 0) is 16.0 Å². The molecule has 5 aromatic rings. The quantitative estimate of drug-likeness (QED) is 0.192. The lowest BCUT2D eigenvalue weighted by Crippen LogP contribution is -2.13. The lowest BCUT2D eigenvalue weighted by Gasteiger charge is -2.21. The molecule has 42 heavy (non-hydrogen) atoms. The van der Waals surface area contributed by atoms with E-state index in [1.807, 2.05) is 30.3 Å². The first-order valence-electron chi connectivity index (χ1n) is 13.4. The number of carbonyl (C=O) groups is 1. The van der Waals surface area contributed by atoms with Crippen molar-refractivity contribution in [1.29, 1.82) is 0 Å². The maximum absolute atomic E-state index is 13.5. The van der Waals surface area contributed by atoms with Crippen LogP contribution >= 0.6 is 0 Å². The van der Waals surface area contributed by atoms with E-state index >= 15 is 0 Å².